The molecule has 1 amide bonds. The fraction of sp³-hybridized carbons (Fsp3) is 0.462. The smallest absolute Gasteiger partial charge is 0.251 e. The van der Waals surface area contributed by atoms with E-state index in [1.807, 2.05) is 31.1 Å². The third-order valence-corrected chi connectivity index (χ3v) is 2.72. The highest BCUT2D eigenvalue weighted by Crippen LogP contribution is 2.30. The Morgan fingerprint density at radius 1 is 1.35 bits per heavy atom. The molecule has 1 aromatic rings. The molecule has 17 heavy (non-hydrogen) atoms. The van der Waals surface area contributed by atoms with Crippen LogP contribution in [0.15, 0.2) is 18.2 Å². The molecule has 0 atom stereocenters. The van der Waals surface area contributed by atoms with Crippen molar-refractivity contribution in [1.82, 2.24) is 5.32 Å². The van der Waals surface area contributed by atoms with E-state index in [4.69, 9.17) is 4.74 Å². The van der Waals surface area contributed by atoms with Gasteiger partial charge in [0.25, 0.3) is 5.91 Å². The summed E-state index contributed by atoms with van der Waals surface area (Å²) in [6.07, 6.45) is 2.56. The Bertz CT molecular complexity index is 425. The molecule has 92 valence electrons. The van der Waals surface area contributed by atoms with Crippen molar-refractivity contribution < 1.29 is 9.53 Å². The zero-order chi connectivity index (χ0) is 12.4. The molecule has 1 saturated carbocycles. The van der Waals surface area contributed by atoms with Crippen molar-refractivity contribution in [3.05, 3.63) is 23.8 Å². The Hall–Kier alpha value is -1.71. The van der Waals surface area contributed by atoms with Gasteiger partial charge in [0, 0.05) is 38.5 Å². The van der Waals surface area contributed by atoms with E-state index in [0.717, 1.165) is 24.3 Å². The van der Waals surface area contributed by atoms with Gasteiger partial charge in [-0.15, -0.1) is 0 Å². The standard InChI is InChI=1S/C13H18N2O2/c1-14-13(16)9-6-10(15(2)3)8-12(7-9)17-11-4-5-11/h6-8,11H,4-5H2,1-3H3,(H,14,16). The number of carbonyl (C=O) groups is 1. The van der Waals surface area contributed by atoms with E-state index in [-0.39, 0.29) is 5.91 Å². The van der Waals surface area contributed by atoms with Crippen LogP contribution in [0.1, 0.15) is 23.2 Å². The van der Waals surface area contributed by atoms with Crippen molar-refractivity contribution in [3.8, 4) is 5.75 Å². The molecule has 0 aliphatic heterocycles. The third-order valence-electron chi connectivity index (χ3n) is 2.72. The van der Waals surface area contributed by atoms with Gasteiger partial charge >= 0.3 is 0 Å². The predicted molar refractivity (Wildman–Crippen MR) is 67.8 cm³/mol. The summed E-state index contributed by atoms with van der Waals surface area (Å²) >= 11 is 0. The zero-order valence-electron chi connectivity index (χ0n) is 10.5. The summed E-state index contributed by atoms with van der Waals surface area (Å²) < 4.78 is 5.74. The number of nitrogens with one attached hydrogen (secondary N) is 1. The fourth-order valence-corrected chi connectivity index (χ4v) is 1.56. The van der Waals surface area contributed by atoms with Gasteiger partial charge in [-0.3, -0.25) is 4.79 Å². The SMILES string of the molecule is CNC(=O)c1cc(OC2CC2)cc(N(C)C)c1. The van der Waals surface area contributed by atoms with E-state index in [9.17, 15) is 4.79 Å². The van der Waals surface area contributed by atoms with Crippen LogP contribution in [0.5, 0.6) is 5.75 Å². The van der Waals surface area contributed by atoms with Crippen LogP contribution in [0.3, 0.4) is 0 Å². The van der Waals surface area contributed by atoms with E-state index in [1.54, 1.807) is 13.1 Å². The number of amides is 1. The Morgan fingerprint density at radius 3 is 2.59 bits per heavy atom. The van der Waals surface area contributed by atoms with Gasteiger partial charge in [0.2, 0.25) is 0 Å². The number of ether oxygens (including phenoxy) is 1. The first-order valence-electron chi connectivity index (χ1n) is 5.81. The van der Waals surface area contributed by atoms with Crippen LogP contribution in [0.2, 0.25) is 0 Å². The lowest BCUT2D eigenvalue weighted by molar-refractivity contribution is 0.0962. The van der Waals surface area contributed by atoms with Gasteiger partial charge in [0.05, 0.1) is 6.10 Å². The van der Waals surface area contributed by atoms with Gasteiger partial charge in [0.15, 0.2) is 0 Å². The van der Waals surface area contributed by atoms with Crippen molar-refractivity contribution in [2.24, 2.45) is 0 Å². The van der Waals surface area contributed by atoms with Crippen molar-refractivity contribution in [2.45, 2.75) is 18.9 Å². The van der Waals surface area contributed by atoms with E-state index < -0.39 is 0 Å². The van der Waals surface area contributed by atoms with Crippen LogP contribution in [0, 0.1) is 0 Å². The second-order valence-electron chi connectivity index (χ2n) is 4.51. The number of hydrogen-bond acceptors (Lipinski definition) is 3. The van der Waals surface area contributed by atoms with Crippen LogP contribution in [-0.2, 0) is 0 Å². The summed E-state index contributed by atoms with van der Waals surface area (Å²) in [7, 11) is 5.53. The maximum absolute atomic E-state index is 11.7. The molecular formula is C13H18N2O2. The first-order valence-corrected chi connectivity index (χ1v) is 5.81. The monoisotopic (exact) mass is 234 g/mol. The molecule has 0 saturated heterocycles. The summed E-state index contributed by atoms with van der Waals surface area (Å²) in [4.78, 5) is 13.6. The number of rotatable bonds is 4. The first kappa shape index (κ1) is 11.8. The molecule has 0 radical (unpaired) electrons. The Labute approximate surface area is 102 Å². The lowest BCUT2D eigenvalue weighted by Gasteiger charge is -2.16. The number of hydrogen-bond donors (Lipinski definition) is 1. The lowest BCUT2D eigenvalue weighted by Crippen LogP contribution is -2.19. The molecule has 0 spiro atoms. The van der Waals surface area contributed by atoms with Crippen LogP contribution < -0.4 is 15.0 Å². The van der Waals surface area contributed by atoms with Crippen molar-refractivity contribution in [1.29, 1.82) is 0 Å². The molecular weight excluding hydrogens is 216 g/mol. The van der Waals surface area contributed by atoms with E-state index in [0.29, 0.717) is 11.7 Å². The summed E-state index contributed by atoms with van der Waals surface area (Å²) in [6, 6.07) is 5.62. The highest BCUT2D eigenvalue weighted by molar-refractivity contribution is 5.95. The van der Waals surface area contributed by atoms with Crippen LogP contribution in [0.4, 0.5) is 5.69 Å². The maximum Gasteiger partial charge on any atom is 0.251 e. The molecule has 0 heterocycles. The summed E-state index contributed by atoms with van der Waals surface area (Å²) in [5, 5.41) is 2.63. The number of carbonyl (C=O) groups excluding carboxylic acids is 1. The molecule has 0 aromatic heterocycles. The normalized spacial score (nSPS) is 14.3. The average molecular weight is 234 g/mol. The lowest BCUT2D eigenvalue weighted by atomic mass is 10.1. The van der Waals surface area contributed by atoms with Gasteiger partial charge in [-0.05, 0) is 25.0 Å². The Morgan fingerprint density at radius 2 is 2.06 bits per heavy atom. The minimum Gasteiger partial charge on any atom is -0.490 e. The summed E-state index contributed by atoms with van der Waals surface area (Å²) in [5.41, 5.74) is 1.61. The number of anilines is 1. The Kier molecular flexibility index (Phi) is 3.22. The molecule has 2 rings (SSSR count). The highest BCUT2D eigenvalue weighted by Gasteiger charge is 2.24. The first-order chi connectivity index (χ1) is 8.10. The molecule has 1 fully saturated rings. The Balaban J connectivity index is 2.30. The predicted octanol–water partition coefficient (Wildman–Crippen LogP) is 1.65. The van der Waals surface area contributed by atoms with Crippen molar-refractivity contribution in [3.63, 3.8) is 0 Å². The molecule has 4 nitrogen and oxygen atoms in total. The molecule has 4 heteroatoms. The molecule has 0 bridgehead atoms. The van der Waals surface area contributed by atoms with E-state index in [1.165, 1.54) is 0 Å². The third kappa shape index (κ3) is 2.90. The largest absolute Gasteiger partial charge is 0.490 e. The van der Waals surface area contributed by atoms with Crippen LogP contribution in [-0.4, -0.2) is 33.2 Å². The van der Waals surface area contributed by atoms with E-state index >= 15 is 0 Å². The molecule has 1 N–H and O–H groups in total. The topological polar surface area (TPSA) is 41.6 Å². The highest BCUT2D eigenvalue weighted by atomic mass is 16.5. The van der Waals surface area contributed by atoms with E-state index in [2.05, 4.69) is 5.32 Å². The quantitative estimate of drug-likeness (QED) is 0.861. The fourth-order valence-electron chi connectivity index (χ4n) is 1.56. The summed E-state index contributed by atoms with van der Waals surface area (Å²) in [6.45, 7) is 0. The minimum atomic E-state index is -0.0886. The molecule has 1 aliphatic carbocycles. The van der Waals surface area contributed by atoms with Crippen LogP contribution >= 0.6 is 0 Å². The van der Waals surface area contributed by atoms with Gasteiger partial charge in [0.1, 0.15) is 5.75 Å². The second-order valence-corrected chi connectivity index (χ2v) is 4.51. The van der Waals surface area contributed by atoms with Crippen molar-refractivity contribution >= 4 is 11.6 Å². The van der Waals surface area contributed by atoms with Gasteiger partial charge < -0.3 is 15.0 Å². The van der Waals surface area contributed by atoms with Gasteiger partial charge in [-0.25, -0.2) is 0 Å². The molecule has 0 unspecified atom stereocenters. The van der Waals surface area contributed by atoms with Gasteiger partial charge in [-0.2, -0.15) is 0 Å². The average Bonchev–Trinajstić information content (AvgIpc) is 3.11. The maximum atomic E-state index is 11.7. The molecule has 1 aliphatic rings. The van der Waals surface area contributed by atoms with Gasteiger partial charge in [-0.1, -0.05) is 0 Å². The van der Waals surface area contributed by atoms with Crippen LogP contribution in [0.25, 0.3) is 0 Å². The zero-order valence-corrected chi connectivity index (χ0v) is 10.5. The number of benzene rings is 1. The minimum absolute atomic E-state index is 0.0886. The molecule has 1 aromatic carbocycles. The van der Waals surface area contributed by atoms with Crippen molar-refractivity contribution in [2.75, 3.05) is 26.0 Å². The summed E-state index contributed by atoms with van der Waals surface area (Å²) in [5.74, 6) is 0.687. The number of nitrogens with zero attached hydrogens (tertiary/aromatic N) is 1. The second kappa shape index (κ2) is 4.65.